The van der Waals surface area contributed by atoms with E-state index in [1.165, 1.54) is 6.08 Å². The van der Waals surface area contributed by atoms with E-state index < -0.39 is 0 Å². The summed E-state index contributed by atoms with van der Waals surface area (Å²) in [4.78, 5) is 15.5. The highest BCUT2D eigenvalue weighted by molar-refractivity contribution is 5.93. The van der Waals surface area contributed by atoms with Crippen LogP contribution in [-0.4, -0.2) is 17.6 Å². The van der Waals surface area contributed by atoms with Crippen LogP contribution >= 0.6 is 0 Å². The summed E-state index contributed by atoms with van der Waals surface area (Å²) in [6.45, 7) is 2.16. The van der Waals surface area contributed by atoms with Gasteiger partial charge in [0.15, 0.2) is 0 Å². The molecule has 0 saturated heterocycles. The van der Waals surface area contributed by atoms with Gasteiger partial charge in [-0.15, -0.1) is 0 Å². The maximum atomic E-state index is 11.2. The molecule has 0 bridgehead atoms. The molecule has 2 rings (SSSR count). The maximum absolute atomic E-state index is 11.2. The molecular weight excluding hydrogens is 214 g/mol. The number of benzene rings is 1. The molecule has 0 aliphatic carbocycles. The fourth-order valence-corrected chi connectivity index (χ4v) is 1.61. The van der Waals surface area contributed by atoms with Gasteiger partial charge >= 0.3 is 5.97 Å². The number of fused-ring (bicyclic) bond motifs is 1. The molecule has 0 N–H and O–H groups in total. The quantitative estimate of drug-likeness (QED) is 0.598. The predicted octanol–water partition coefficient (Wildman–Crippen LogP) is 2.81. The van der Waals surface area contributed by atoms with Crippen molar-refractivity contribution in [3.05, 3.63) is 48.3 Å². The van der Waals surface area contributed by atoms with Crippen LogP contribution in [0.4, 0.5) is 0 Å². The van der Waals surface area contributed by atoms with E-state index in [0.29, 0.717) is 6.61 Å². The lowest BCUT2D eigenvalue weighted by Crippen LogP contribution is -1.98. The van der Waals surface area contributed by atoms with E-state index in [-0.39, 0.29) is 5.97 Å². The normalized spacial score (nSPS) is 10.9. The van der Waals surface area contributed by atoms with Crippen molar-refractivity contribution < 1.29 is 9.53 Å². The first kappa shape index (κ1) is 11.3. The fourth-order valence-electron chi connectivity index (χ4n) is 1.61. The number of ether oxygens (including phenoxy) is 1. The average Bonchev–Trinajstić information content (AvgIpc) is 2.36. The van der Waals surface area contributed by atoms with Crippen LogP contribution in [0.3, 0.4) is 0 Å². The Labute approximate surface area is 99.7 Å². The van der Waals surface area contributed by atoms with Gasteiger partial charge < -0.3 is 4.74 Å². The van der Waals surface area contributed by atoms with Crippen LogP contribution < -0.4 is 0 Å². The highest BCUT2D eigenvalue weighted by Crippen LogP contribution is 2.17. The number of aromatic nitrogens is 1. The Balaban J connectivity index is 2.33. The zero-order chi connectivity index (χ0) is 12.1. The molecule has 3 heteroatoms. The topological polar surface area (TPSA) is 39.2 Å². The molecule has 1 aromatic heterocycles. The van der Waals surface area contributed by atoms with Gasteiger partial charge in [0.2, 0.25) is 0 Å². The summed E-state index contributed by atoms with van der Waals surface area (Å²) >= 11 is 0. The van der Waals surface area contributed by atoms with E-state index >= 15 is 0 Å². The molecule has 0 spiro atoms. The molecule has 86 valence electrons. The molecule has 17 heavy (non-hydrogen) atoms. The van der Waals surface area contributed by atoms with E-state index in [1.54, 1.807) is 19.2 Å². The van der Waals surface area contributed by atoms with Crippen molar-refractivity contribution in [2.45, 2.75) is 6.92 Å². The third-order valence-corrected chi connectivity index (χ3v) is 2.37. The highest BCUT2D eigenvalue weighted by Gasteiger charge is 1.99. The van der Waals surface area contributed by atoms with Crippen molar-refractivity contribution >= 4 is 22.8 Å². The molecule has 0 unspecified atom stereocenters. The summed E-state index contributed by atoms with van der Waals surface area (Å²) in [7, 11) is 0. The lowest BCUT2D eigenvalue weighted by Gasteiger charge is -2.00. The van der Waals surface area contributed by atoms with Gasteiger partial charge in [-0.2, -0.15) is 0 Å². The highest BCUT2D eigenvalue weighted by atomic mass is 16.5. The first-order chi connectivity index (χ1) is 8.31. The predicted molar refractivity (Wildman–Crippen MR) is 67.4 cm³/mol. The average molecular weight is 227 g/mol. The van der Waals surface area contributed by atoms with Crippen LogP contribution in [0, 0.1) is 0 Å². The van der Waals surface area contributed by atoms with E-state index in [0.717, 1.165) is 16.5 Å². The van der Waals surface area contributed by atoms with Crippen LogP contribution in [0.5, 0.6) is 0 Å². The molecule has 2 aromatic rings. The van der Waals surface area contributed by atoms with Gasteiger partial charge in [0.1, 0.15) is 0 Å². The SMILES string of the molecule is CCOC(=O)C=Cc1nccc2ccccc12. The fraction of sp³-hybridized carbons (Fsp3) is 0.143. The number of esters is 1. The third kappa shape index (κ3) is 2.69. The Morgan fingerprint density at radius 3 is 3.00 bits per heavy atom. The van der Waals surface area contributed by atoms with Crippen molar-refractivity contribution in [3.63, 3.8) is 0 Å². The number of hydrogen-bond acceptors (Lipinski definition) is 3. The zero-order valence-corrected chi connectivity index (χ0v) is 9.59. The van der Waals surface area contributed by atoms with Gasteiger partial charge in [-0.05, 0) is 24.5 Å². The Hall–Kier alpha value is -2.16. The molecule has 0 aliphatic rings. The minimum atomic E-state index is -0.345. The van der Waals surface area contributed by atoms with E-state index in [4.69, 9.17) is 4.74 Å². The Kier molecular flexibility index (Phi) is 3.50. The van der Waals surface area contributed by atoms with Gasteiger partial charge in [0.05, 0.1) is 12.3 Å². The van der Waals surface area contributed by atoms with E-state index in [1.807, 2.05) is 30.3 Å². The minimum Gasteiger partial charge on any atom is -0.463 e. The number of carbonyl (C=O) groups excluding carboxylic acids is 1. The molecule has 1 heterocycles. The van der Waals surface area contributed by atoms with Crippen LogP contribution in [0.1, 0.15) is 12.6 Å². The lowest BCUT2D eigenvalue weighted by atomic mass is 10.1. The lowest BCUT2D eigenvalue weighted by molar-refractivity contribution is -0.137. The van der Waals surface area contributed by atoms with Crippen molar-refractivity contribution in [1.29, 1.82) is 0 Å². The molecule has 3 nitrogen and oxygen atoms in total. The molecule has 0 saturated carbocycles. The Morgan fingerprint density at radius 2 is 2.18 bits per heavy atom. The first-order valence-electron chi connectivity index (χ1n) is 5.50. The van der Waals surface area contributed by atoms with Crippen molar-refractivity contribution in [2.75, 3.05) is 6.61 Å². The minimum absolute atomic E-state index is 0.345. The van der Waals surface area contributed by atoms with Crippen LogP contribution in [0.2, 0.25) is 0 Å². The summed E-state index contributed by atoms with van der Waals surface area (Å²) < 4.78 is 4.82. The number of pyridine rings is 1. The molecule has 0 aliphatic heterocycles. The number of hydrogen-bond donors (Lipinski definition) is 0. The van der Waals surface area contributed by atoms with Gasteiger partial charge in [-0.3, -0.25) is 4.98 Å². The van der Waals surface area contributed by atoms with Gasteiger partial charge in [-0.1, -0.05) is 24.3 Å². The number of nitrogens with zero attached hydrogens (tertiary/aromatic N) is 1. The van der Waals surface area contributed by atoms with Crippen molar-refractivity contribution in [1.82, 2.24) is 4.98 Å². The molecule has 0 fully saturated rings. The van der Waals surface area contributed by atoms with Crippen LogP contribution in [0.15, 0.2) is 42.6 Å². The second kappa shape index (κ2) is 5.25. The summed E-state index contributed by atoms with van der Waals surface area (Å²) in [6, 6.07) is 9.86. The molecular formula is C14H13NO2. The summed E-state index contributed by atoms with van der Waals surface area (Å²) in [6.07, 6.45) is 4.81. The number of rotatable bonds is 3. The monoisotopic (exact) mass is 227 g/mol. The number of carbonyl (C=O) groups is 1. The van der Waals surface area contributed by atoms with E-state index in [9.17, 15) is 4.79 Å². The molecule has 0 radical (unpaired) electrons. The standard InChI is InChI=1S/C14H13NO2/c1-2-17-14(16)8-7-13-12-6-4-3-5-11(12)9-10-15-13/h3-10H,2H2,1H3. The summed E-state index contributed by atoms with van der Waals surface area (Å²) in [5.41, 5.74) is 0.774. The Bertz CT molecular complexity index is 556. The maximum Gasteiger partial charge on any atom is 0.330 e. The van der Waals surface area contributed by atoms with Crippen LogP contribution in [-0.2, 0) is 9.53 Å². The van der Waals surface area contributed by atoms with Gasteiger partial charge in [0.25, 0.3) is 0 Å². The first-order valence-corrected chi connectivity index (χ1v) is 5.50. The smallest absolute Gasteiger partial charge is 0.330 e. The van der Waals surface area contributed by atoms with Crippen molar-refractivity contribution in [2.24, 2.45) is 0 Å². The summed E-state index contributed by atoms with van der Waals surface area (Å²) in [5.74, 6) is -0.345. The van der Waals surface area contributed by atoms with Gasteiger partial charge in [0, 0.05) is 17.7 Å². The third-order valence-electron chi connectivity index (χ3n) is 2.37. The largest absolute Gasteiger partial charge is 0.463 e. The van der Waals surface area contributed by atoms with E-state index in [2.05, 4.69) is 4.98 Å². The molecule has 1 aromatic carbocycles. The van der Waals surface area contributed by atoms with Crippen LogP contribution in [0.25, 0.3) is 16.8 Å². The second-order valence-corrected chi connectivity index (χ2v) is 3.50. The molecule has 0 amide bonds. The zero-order valence-electron chi connectivity index (χ0n) is 9.59. The van der Waals surface area contributed by atoms with Gasteiger partial charge in [-0.25, -0.2) is 4.79 Å². The summed E-state index contributed by atoms with van der Waals surface area (Å²) in [5, 5.41) is 2.13. The Morgan fingerprint density at radius 1 is 1.35 bits per heavy atom. The molecule has 0 atom stereocenters. The van der Waals surface area contributed by atoms with Crippen molar-refractivity contribution in [3.8, 4) is 0 Å². The second-order valence-electron chi connectivity index (χ2n) is 3.50.